The molecule has 2 fully saturated rings. The van der Waals surface area contributed by atoms with Gasteiger partial charge in [0.2, 0.25) is 0 Å². The third kappa shape index (κ3) is 3.48. The van der Waals surface area contributed by atoms with E-state index in [0.717, 1.165) is 23.8 Å². The molecule has 16 heavy (non-hydrogen) atoms. The molecule has 0 aliphatic heterocycles. The Kier molecular flexibility index (Phi) is 4.69. The van der Waals surface area contributed by atoms with E-state index < -0.39 is 0 Å². The molecule has 94 valence electrons. The zero-order valence-electron chi connectivity index (χ0n) is 11.2. The summed E-state index contributed by atoms with van der Waals surface area (Å²) < 4.78 is 0. The molecule has 1 N–H and O–H groups in total. The van der Waals surface area contributed by atoms with E-state index in [9.17, 15) is 0 Å². The van der Waals surface area contributed by atoms with Gasteiger partial charge in [0.15, 0.2) is 0 Å². The van der Waals surface area contributed by atoms with Crippen LogP contribution in [0.2, 0.25) is 0 Å². The van der Waals surface area contributed by atoms with Crippen molar-refractivity contribution in [2.24, 2.45) is 17.8 Å². The fourth-order valence-electron chi connectivity index (χ4n) is 3.74. The molecule has 0 spiro atoms. The van der Waals surface area contributed by atoms with Crippen LogP contribution >= 0.6 is 0 Å². The fourth-order valence-corrected chi connectivity index (χ4v) is 3.74. The number of rotatable bonds is 4. The van der Waals surface area contributed by atoms with Crippen molar-refractivity contribution >= 4 is 0 Å². The Hall–Kier alpha value is -0.0400. The van der Waals surface area contributed by atoms with Crippen molar-refractivity contribution in [3.63, 3.8) is 0 Å². The van der Waals surface area contributed by atoms with Crippen molar-refractivity contribution in [2.45, 2.75) is 71.3 Å². The summed E-state index contributed by atoms with van der Waals surface area (Å²) in [7, 11) is 0. The molecule has 3 atom stereocenters. The van der Waals surface area contributed by atoms with E-state index >= 15 is 0 Å². The molecule has 1 nitrogen and oxygen atoms in total. The Morgan fingerprint density at radius 2 is 1.75 bits per heavy atom. The summed E-state index contributed by atoms with van der Waals surface area (Å²) in [4.78, 5) is 0. The first kappa shape index (κ1) is 12.4. The molecule has 0 aromatic rings. The third-order valence-electron chi connectivity index (χ3n) is 4.87. The van der Waals surface area contributed by atoms with Gasteiger partial charge >= 0.3 is 0 Å². The number of nitrogens with one attached hydrogen (secondary N) is 1. The predicted octanol–water partition coefficient (Wildman–Crippen LogP) is 3.98. The second-order valence-electron chi connectivity index (χ2n) is 6.40. The highest BCUT2D eigenvalue weighted by Crippen LogP contribution is 2.30. The van der Waals surface area contributed by atoms with E-state index in [4.69, 9.17) is 0 Å². The molecule has 1 heteroatoms. The normalized spacial score (nSPS) is 36.8. The minimum atomic E-state index is 0.817. The SMILES string of the molecule is CC1CCC(NCCC2CCCC2)C(C)C1. The van der Waals surface area contributed by atoms with Crippen LogP contribution in [0.1, 0.15) is 65.2 Å². The standard InChI is InChI=1S/C15H29N/c1-12-7-8-15(13(2)11-12)16-10-9-14-5-3-4-6-14/h12-16H,3-11H2,1-2H3. The van der Waals surface area contributed by atoms with Crippen LogP contribution in [-0.4, -0.2) is 12.6 Å². The smallest absolute Gasteiger partial charge is 0.00928 e. The van der Waals surface area contributed by atoms with Crippen molar-refractivity contribution in [3.8, 4) is 0 Å². The summed E-state index contributed by atoms with van der Waals surface area (Å²) in [5.74, 6) is 2.90. The van der Waals surface area contributed by atoms with Crippen LogP contribution < -0.4 is 5.32 Å². The summed E-state index contributed by atoms with van der Waals surface area (Å²) in [6, 6.07) is 0.817. The lowest BCUT2D eigenvalue weighted by molar-refractivity contribution is 0.225. The summed E-state index contributed by atoms with van der Waals surface area (Å²) in [6.07, 6.45) is 11.7. The molecular weight excluding hydrogens is 194 g/mol. The second-order valence-corrected chi connectivity index (χ2v) is 6.40. The molecule has 0 amide bonds. The van der Waals surface area contributed by atoms with Crippen LogP contribution in [0.4, 0.5) is 0 Å². The monoisotopic (exact) mass is 223 g/mol. The molecule has 0 radical (unpaired) electrons. The molecule has 0 bridgehead atoms. The van der Waals surface area contributed by atoms with Gasteiger partial charge in [0, 0.05) is 6.04 Å². The van der Waals surface area contributed by atoms with E-state index in [1.165, 1.54) is 57.9 Å². The topological polar surface area (TPSA) is 12.0 Å². The highest BCUT2D eigenvalue weighted by Gasteiger charge is 2.25. The molecule has 3 unspecified atom stereocenters. The largest absolute Gasteiger partial charge is 0.314 e. The van der Waals surface area contributed by atoms with Gasteiger partial charge in [-0.25, -0.2) is 0 Å². The summed E-state index contributed by atoms with van der Waals surface area (Å²) in [5, 5.41) is 3.82. The molecule has 0 saturated heterocycles. The van der Waals surface area contributed by atoms with Crippen molar-refractivity contribution in [1.82, 2.24) is 5.32 Å². The molecule has 2 rings (SSSR count). The quantitative estimate of drug-likeness (QED) is 0.760. The van der Waals surface area contributed by atoms with E-state index in [1.807, 2.05) is 0 Å². The van der Waals surface area contributed by atoms with Crippen molar-refractivity contribution in [3.05, 3.63) is 0 Å². The fraction of sp³-hybridized carbons (Fsp3) is 1.00. The van der Waals surface area contributed by atoms with Gasteiger partial charge < -0.3 is 5.32 Å². The predicted molar refractivity (Wildman–Crippen MR) is 70.5 cm³/mol. The Morgan fingerprint density at radius 3 is 2.44 bits per heavy atom. The average molecular weight is 223 g/mol. The maximum Gasteiger partial charge on any atom is 0.00928 e. The van der Waals surface area contributed by atoms with Crippen LogP contribution in [0.3, 0.4) is 0 Å². The molecule has 2 aliphatic carbocycles. The second kappa shape index (κ2) is 6.05. The van der Waals surface area contributed by atoms with Crippen LogP contribution in [0.15, 0.2) is 0 Å². The van der Waals surface area contributed by atoms with Crippen LogP contribution in [0.5, 0.6) is 0 Å². The first-order valence-corrected chi connectivity index (χ1v) is 7.49. The van der Waals surface area contributed by atoms with Crippen molar-refractivity contribution in [1.29, 1.82) is 0 Å². The molecule has 2 saturated carbocycles. The summed E-state index contributed by atoms with van der Waals surface area (Å²) in [5.41, 5.74) is 0. The minimum absolute atomic E-state index is 0.817. The zero-order valence-corrected chi connectivity index (χ0v) is 11.2. The summed E-state index contributed by atoms with van der Waals surface area (Å²) in [6.45, 7) is 6.11. The van der Waals surface area contributed by atoms with Gasteiger partial charge in [-0.1, -0.05) is 39.5 Å². The first-order valence-electron chi connectivity index (χ1n) is 7.49. The first-order chi connectivity index (χ1) is 7.75. The van der Waals surface area contributed by atoms with Gasteiger partial charge in [0.25, 0.3) is 0 Å². The van der Waals surface area contributed by atoms with E-state index in [1.54, 1.807) is 0 Å². The van der Waals surface area contributed by atoms with Gasteiger partial charge in [-0.3, -0.25) is 0 Å². The Labute approximate surface area is 101 Å². The lowest BCUT2D eigenvalue weighted by Crippen LogP contribution is -2.39. The van der Waals surface area contributed by atoms with Crippen LogP contribution in [0, 0.1) is 17.8 Å². The third-order valence-corrected chi connectivity index (χ3v) is 4.87. The molecule has 0 heterocycles. The van der Waals surface area contributed by atoms with Crippen LogP contribution in [0.25, 0.3) is 0 Å². The van der Waals surface area contributed by atoms with E-state index in [-0.39, 0.29) is 0 Å². The van der Waals surface area contributed by atoms with Crippen LogP contribution in [-0.2, 0) is 0 Å². The Bertz CT molecular complexity index is 196. The van der Waals surface area contributed by atoms with Gasteiger partial charge in [-0.2, -0.15) is 0 Å². The van der Waals surface area contributed by atoms with Gasteiger partial charge in [-0.05, 0) is 50.0 Å². The number of hydrogen-bond donors (Lipinski definition) is 1. The van der Waals surface area contributed by atoms with E-state index in [2.05, 4.69) is 19.2 Å². The lowest BCUT2D eigenvalue weighted by Gasteiger charge is -2.33. The molecular formula is C15H29N. The maximum absolute atomic E-state index is 3.82. The highest BCUT2D eigenvalue weighted by molar-refractivity contribution is 4.81. The lowest BCUT2D eigenvalue weighted by atomic mass is 9.80. The van der Waals surface area contributed by atoms with Crippen molar-refractivity contribution in [2.75, 3.05) is 6.54 Å². The van der Waals surface area contributed by atoms with Gasteiger partial charge in [-0.15, -0.1) is 0 Å². The average Bonchev–Trinajstić information content (AvgIpc) is 2.74. The highest BCUT2D eigenvalue weighted by atomic mass is 14.9. The molecule has 0 aromatic heterocycles. The zero-order chi connectivity index (χ0) is 11.4. The van der Waals surface area contributed by atoms with Crippen molar-refractivity contribution < 1.29 is 0 Å². The molecule has 2 aliphatic rings. The minimum Gasteiger partial charge on any atom is -0.314 e. The number of hydrogen-bond acceptors (Lipinski definition) is 1. The Balaban J connectivity index is 1.61. The summed E-state index contributed by atoms with van der Waals surface area (Å²) >= 11 is 0. The van der Waals surface area contributed by atoms with Gasteiger partial charge in [0.1, 0.15) is 0 Å². The van der Waals surface area contributed by atoms with E-state index in [0.29, 0.717) is 0 Å². The maximum atomic E-state index is 3.82. The Morgan fingerprint density at radius 1 is 1.00 bits per heavy atom. The molecule has 0 aromatic carbocycles. The van der Waals surface area contributed by atoms with Gasteiger partial charge in [0.05, 0.1) is 0 Å².